The van der Waals surface area contributed by atoms with Crippen LogP contribution in [0.3, 0.4) is 0 Å². The second-order valence-corrected chi connectivity index (χ2v) is 4.64. The molecule has 2 rings (SSSR count). The molecule has 0 aliphatic carbocycles. The maximum atomic E-state index is 12.0. The van der Waals surface area contributed by atoms with Crippen molar-refractivity contribution in [3.8, 4) is 0 Å². The summed E-state index contributed by atoms with van der Waals surface area (Å²) in [6, 6.07) is 5.23. The maximum absolute atomic E-state index is 12.0. The molecule has 0 saturated heterocycles. The Kier molecular flexibility index (Phi) is 4.35. The van der Waals surface area contributed by atoms with Crippen molar-refractivity contribution in [3.63, 3.8) is 0 Å². The Bertz CT molecular complexity index is 587. The van der Waals surface area contributed by atoms with E-state index in [4.69, 9.17) is 5.11 Å². The molecule has 20 heavy (non-hydrogen) atoms. The number of aromatic carboxylic acids is 1. The number of carbonyl (C=O) groups is 2. The molecule has 1 heterocycles. The highest BCUT2D eigenvalue weighted by atomic mass is 16.4. The quantitative estimate of drug-likeness (QED) is 0.678. The van der Waals surface area contributed by atoms with Crippen LogP contribution in [0.15, 0.2) is 42.5 Å². The summed E-state index contributed by atoms with van der Waals surface area (Å²) in [6.45, 7) is 2.91. The molecule has 0 fully saturated rings. The Morgan fingerprint density at radius 2 is 2.10 bits per heavy atom. The third kappa shape index (κ3) is 2.96. The van der Waals surface area contributed by atoms with E-state index in [-0.39, 0.29) is 5.91 Å². The molecule has 1 aliphatic heterocycles. The zero-order valence-electron chi connectivity index (χ0n) is 11.4. The van der Waals surface area contributed by atoms with Crippen LogP contribution in [0.5, 0.6) is 0 Å². The maximum Gasteiger partial charge on any atom is 0.335 e. The summed E-state index contributed by atoms with van der Waals surface area (Å²) in [5.74, 6) is -0.955. The number of benzene rings is 1. The average molecular weight is 271 g/mol. The van der Waals surface area contributed by atoms with Gasteiger partial charge < -0.3 is 10.0 Å². The number of hydrogen-bond donors (Lipinski definition) is 1. The van der Waals surface area contributed by atoms with Crippen LogP contribution in [0.25, 0.3) is 0 Å². The lowest BCUT2D eigenvalue weighted by Crippen LogP contribution is -2.35. The minimum atomic E-state index is -0.908. The summed E-state index contributed by atoms with van der Waals surface area (Å²) in [5, 5.41) is 9.16. The smallest absolute Gasteiger partial charge is 0.335 e. The second kappa shape index (κ2) is 6.19. The highest BCUT2D eigenvalue weighted by Gasteiger charge is 2.22. The van der Waals surface area contributed by atoms with Crippen molar-refractivity contribution in [2.24, 2.45) is 0 Å². The van der Waals surface area contributed by atoms with E-state index in [9.17, 15) is 9.59 Å². The van der Waals surface area contributed by atoms with E-state index in [0.29, 0.717) is 25.1 Å². The molecule has 1 aliphatic rings. The van der Waals surface area contributed by atoms with Crippen LogP contribution in [-0.2, 0) is 17.8 Å². The van der Waals surface area contributed by atoms with E-state index in [2.05, 4.69) is 0 Å². The van der Waals surface area contributed by atoms with E-state index < -0.39 is 5.97 Å². The molecular formula is C16H17NO3. The van der Waals surface area contributed by atoms with Gasteiger partial charge in [-0.3, -0.25) is 4.79 Å². The first-order valence-corrected chi connectivity index (χ1v) is 6.56. The summed E-state index contributed by atoms with van der Waals surface area (Å²) in [4.78, 5) is 24.9. The van der Waals surface area contributed by atoms with Gasteiger partial charge in [0.25, 0.3) is 0 Å². The van der Waals surface area contributed by atoms with Crippen LogP contribution in [-0.4, -0.2) is 28.4 Å². The van der Waals surface area contributed by atoms with Gasteiger partial charge in [-0.15, -0.1) is 0 Å². The number of hydrogen-bond acceptors (Lipinski definition) is 2. The predicted octanol–water partition coefficient (Wildman–Crippen LogP) is 2.40. The Hall–Kier alpha value is -2.36. The molecule has 0 unspecified atom stereocenters. The van der Waals surface area contributed by atoms with Crippen LogP contribution in [0.2, 0.25) is 0 Å². The lowest BCUT2D eigenvalue weighted by Gasteiger charge is -2.28. The molecule has 1 aromatic carbocycles. The number of fused-ring (bicyclic) bond motifs is 1. The van der Waals surface area contributed by atoms with Gasteiger partial charge in [-0.1, -0.05) is 30.4 Å². The first-order chi connectivity index (χ1) is 9.63. The van der Waals surface area contributed by atoms with Gasteiger partial charge in [-0.25, -0.2) is 4.79 Å². The van der Waals surface area contributed by atoms with Gasteiger partial charge >= 0.3 is 5.97 Å². The van der Waals surface area contributed by atoms with Crippen LogP contribution >= 0.6 is 0 Å². The minimum absolute atomic E-state index is 0.0468. The molecule has 0 saturated carbocycles. The normalized spacial score (nSPS) is 14.8. The molecule has 1 amide bonds. The van der Waals surface area contributed by atoms with Crippen molar-refractivity contribution >= 4 is 11.9 Å². The lowest BCUT2D eigenvalue weighted by molar-refractivity contribution is -0.126. The first kappa shape index (κ1) is 14.1. The van der Waals surface area contributed by atoms with Crippen molar-refractivity contribution in [2.45, 2.75) is 19.9 Å². The van der Waals surface area contributed by atoms with E-state index >= 15 is 0 Å². The number of carboxylic acid groups (broad SMARTS) is 1. The number of nitrogens with zero attached hydrogens (tertiary/aromatic N) is 1. The average Bonchev–Trinajstić information content (AvgIpc) is 2.46. The number of carbonyl (C=O) groups excluding carboxylic acids is 1. The first-order valence-electron chi connectivity index (χ1n) is 6.56. The Morgan fingerprint density at radius 1 is 1.30 bits per heavy atom. The topological polar surface area (TPSA) is 57.6 Å². The molecule has 4 heteroatoms. The van der Waals surface area contributed by atoms with Gasteiger partial charge in [0.1, 0.15) is 0 Å². The van der Waals surface area contributed by atoms with Crippen molar-refractivity contribution in [3.05, 3.63) is 59.2 Å². The molecular weight excluding hydrogens is 254 g/mol. The summed E-state index contributed by atoms with van der Waals surface area (Å²) in [6.07, 6.45) is 7.49. The number of amides is 1. The monoisotopic (exact) mass is 271 g/mol. The predicted molar refractivity (Wildman–Crippen MR) is 76.5 cm³/mol. The van der Waals surface area contributed by atoms with Gasteiger partial charge in [0.15, 0.2) is 0 Å². The molecule has 1 aromatic rings. The number of rotatable bonds is 3. The summed E-state index contributed by atoms with van der Waals surface area (Å²) >= 11 is 0. The van der Waals surface area contributed by atoms with Gasteiger partial charge in [0.05, 0.1) is 5.56 Å². The zero-order chi connectivity index (χ0) is 14.5. The Labute approximate surface area is 118 Å². The molecule has 104 valence electrons. The number of carboxylic acids is 1. The van der Waals surface area contributed by atoms with E-state index in [1.54, 1.807) is 29.2 Å². The van der Waals surface area contributed by atoms with Crippen molar-refractivity contribution in [1.29, 1.82) is 0 Å². The van der Waals surface area contributed by atoms with Crippen molar-refractivity contribution in [2.75, 3.05) is 6.54 Å². The van der Waals surface area contributed by atoms with E-state index in [1.807, 2.05) is 19.1 Å². The molecule has 0 aromatic heterocycles. The van der Waals surface area contributed by atoms with Gasteiger partial charge in [-0.2, -0.15) is 0 Å². The molecule has 4 nitrogen and oxygen atoms in total. The highest BCUT2D eigenvalue weighted by Crippen LogP contribution is 2.22. The third-order valence-electron chi connectivity index (χ3n) is 3.35. The highest BCUT2D eigenvalue weighted by molar-refractivity contribution is 5.91. The van der Waals surface area contributed by atoms with Crippen LogP contribution < -0.4 is 0 Å². The van der Waals surface area contributed by atoms with Crippen molar-refractivity contribution in [1.82, 2.24) is 4.90 Å². The fourth-order valence-corrected chi connectivity index (χ4v) is 2.35. The van der Waals surface area contributed by atoms with Crippen molar-refractivity contribution < 1.29 is 14.7 Å². The summed E-state index contributed by atoms with van der Waals surface area (Å²) in [5.41, 5.74) is 2.12. The van der Waals surface area contributed by atoms with Crippen LogP contribution in [0.4, 0.5) is 0 Å². The second-order valence-electron chi connectivity index (χ2n) is 4.64. The molecule has 0 bridgehead atoms. The standard InChI is InChI=1S/C16H17NO3/c1-2-3-4-8-15(18)17-10-9-13-12(11-17)6-5-7-14(13)16(19)20/h2-8H,9-11H2,1H3,(H,19,20). The molecule has 0 radical (unpaired) electrons. The number of allylic oxidation sites excluding steroid dienone is 3. The Morgan fingerprint density at radius 3 is 2.80 bits per heavy atom. The van der Waals surface area contributed by atoms with Gasteiger partial charge in [-0.05, 0) is 30.5 Å². The fourth-order valence-electron chi connectivity index (χ4n) is 2.35. The Balaban J connectivity index is 2.18. The van der Waals surface area contributed by atoms with Gasteiger partial charge in [0.2, 0.25) is 5.91 Å². The molecule has 0 spiro atoms. The van der Waals surface area contributed by atoms with E-state index in [1.165, 1.54) is 6.08 Å². The summed E-state index contributed by atoms with van der Waals surface area (Å²) in [7, 11) is 0. The third-order valence-corrected chi connectivity index (χ3v) is 3.35. The summed E-state index contributed by atoms with van der Waals surface area (Å²) < 4.78 is 0. The molecule has 0 atom stereocenters. The van der Waals surface area contributed by atoms with Crippen LogP contribution in [0.1, 0.15) is 28.4 Å². The lowest BCUT2D eigenvalue weighted by atomic mass is 9.94. The van der Waals surface area contributed by atoms with E-state index in [0.717, 1.165) is 11.1 Å². The van der Waals surface area contributed by atoms with Crippen LogP contribution in [0, 0.1) is 0 Å². The molecule has 1 N–H and O–H groups in total. The van der Waals surface area contributed by atoms with Gasteiger partial charge in [0, 0.05) is 19.2 Å². The largest absolute Gasteiger partial charge is 0.478 e. The minimum Gasteiger partial charge on any atom is -0.478 e. The fraction of sp³-hybridized carbons (Fsp3) is 0.250. The SMILES string of the molecule is CC=CC=CC(=O)N1CCc2c(cccc2C(=O)O)C1. The zero-order valence-corrected chi connectivity index (χ0v) is 11.4.